The van der Waals surface area contributed by atoms with Crippen LogP contribution in [0.2, 0.25) is 0 Å². The molecule has 0 radical (unpaired) electrons. The zero-order valence-corrected chi connectivity index (χ0v) is 15.8. The Morgan fingerprint density at radius 1 is 1.41 bits per heavy atom. The maximum Gasteiger partial charge on any atom is 0.408 e. The van der Waals surface area contributed by atoms with Crippen LogP contribution in [0.25, 0.3) is 0 Å². The van der Waals surface area contributed by atoms with Crippen LogP contribution < -0.4 is 10.1 Å². The molecular formula is C19H24N4O4. The molecular weight excluding hydrogens is 348 g/mol. The first-order valence-electron chi connectivity index (χ1n) is 9.18. The van der Waals surface area contributed by atoms with Crippen molar-refractivity contribution in [3.63, 3.8) is 0 Å². The predicted molar refractivity (Wildman–Crippen MR) is 96.5 cm³/mol. The Kier molecular flexibility index (Phi) is 4.51. The molecule has 1 aromatic carbocycles. The first-order chi connectivity index (χ1) is 13.0. The number of hydrogen-bond donors (Lipinski definition) is 1. The molecule has 0 saturated carbocycles. The fraction of sp³-hybridized carbons (Fsp3) is 0.526. The fourth-order valence-electron chi connectivity index (χ4n) is 3.53. The third-order valence-corrected chi connectivity index (χ3v) is 4.95. The van der Waals surface area contributed by atoms with Gasteiger partial charge in [0, 0.05) is 6.04 Å². The van der Waals surface area contributed by atoms with Crippen molar-refractivity contribution in [3.05, 3.63) is 41.2 Å². The lowest BCUT2D eigenvalue weighted by Crippen LogP contribution is -2.34. The summed E-state index contributed by atoms with van der Waals surface area (Å²) >= 11 is 0. The molecule has 1 amide bonds. The van der Waals surface area contributed by atoms with Gasteiger partial charge in [0.05, 0.1) is 20.3 Å². The van der Waals surface area contributed by atoms with Gasteiger partial charge >= 0.3 is 6.09 Å². The number of rotatable bonds is 5. The van der Waals surface area contributed by atoms with E-state index in [4.69, 9.17) is 14.2 Å². The smallest absolute Gasteiger partial charge is 0.408 e. The summed E-state index contributed by atoms with van der Waals surface area (Å²) in [7, 11) is 1.65. The maximum atomic E-state index is 12.0. The lowest BCUT2D eigenvalue weighted by atomic mass is 9.88. The molecule has 8 nitrogen and oxygen atoms in total. The van der Waals surface area contributed by atoms with Gasteiger partial charge in [0.1, 0.15) is 28.8 Å². The molecule has 1 aliphatic heterocycles. The number of ether oxygens (including phenoxy) is 3. The number of methoxy groups -OCH3 is 1. The second-order valence-corrected chi connectivity index (χ2v) is 7.34. The number of fused-ring (bicyclic) bond motifs is 2. The van der Waals surface area contributed by atoms with E-state index >= 15 is 0 Å². The van der Waals surface area contributed by atoms with E-state index in [1.54, 1.807) is 7.11 Å². The van der Waals surface area contributed by atoms with Gasteiger partial charge in [-0.05, 0) is 44.4 Å². The van der Waals surface area contributed by atoms with Crippen LogP contribution in [0.15, 0.2) is 24.3 Å². The van der Waals surface area contributed by atoms with Crippen LogP contribution in [0.5, 0.6) is 5.75 Å². The van der Waals surface area contributed by atoms with E-state index in [2.05, 4.69) is 15.6 Å². The molecule has 0 unspecified atom stereocenters. The van der Waals surface area contributed by atoms with Crippen molar-refractivity contribution in [1.82, 2.24) is 20.3 Å². The fourth-order valence-corrected chi connectivity index (χ4v) is 3.53. The number of benzene rings is 1. The second kappa shape index (κ2) is 6.84. The highest BCUT2D eigenvalue weighted by Crippen LogP contribution is 2.51. The molecule has 2 aromatic rings. The van der Waals surface area contributed by atoms with Crippen molar-refractivity contribution < 1.29 is 19.0 Å². The number of carbonyl (C=O) groups is 1. The summed E-state index contributed by atoms with van der Waals surface area (Å²) in [6.07, 6.45) is 0.631. The molecule has 4 rings (SSSR count). The van der Waals surface area contributed by atoms with Gasteiger partial charge < -0.3 is 19.5 Å². The predicted octanol–water partition coefficient (Wildman–Crippen LogP) is 2.53. The van der Waals surface area contributed by atoms with Gasteiger partial charge in [0.2, 0.25) is 0 Å². The molecule has 27 heavy (non-hydrogen) atoms. The Morgan fingerprint density at radius 3 is 2.78 bits per heavy atom. The average Bonchev–Trinajstić information content (AvgIpc) is 3.28. The lowest BCUT2D eigenvalue weighted by Gasteiger charge is -2.26. The Hall–Kier alpha value is -2.61. The van der Waals surface area contributed by atoms with E-state index in [0.29, 0.717) is 25.3 Å². The van der Waals surface area contributed by atoms with Gasteiger partial charge in [-0.1, -0.05) is 17.3 Å². The van der Waals surface area contributed by atoms with Crippen LogP contribution in [0, 0.1) is 0 Å². The highest BCUT2D eigenvalue weighted by atomic mass is 16.6. The van der Waals surface area contributed by atoms with E-state index in [0.717, 1.165) is 23.4 Å². The lowest BCUT2D eigenvalue weighted by molar-refractivity contribution is 0.0712. The third kappa shape index (κ3) is 3.49. The van der Waals surface area contributed by atoms with E-state index in [1.807, 2.05) is 42.8 Å². The molecule has 1 saturated heterocycles. The van der Waals surface area contributed by atoms with E-state index in [-0.39, 0.29) is 11.6 Å². The summed E-state index contributed by atoms with van der Waals surface area (Å²) in [6.45, 7) is 5.01. The first-order valence-corrected chi connectivity index (χ1v) is 9.18. The molecule has 2 aliphatic rings. The van der Waals surface area contributed by atoms with Gasteiger partial charge in [-0.2, -0.15) is 0 Å². The van der Waals surface area contributed by atoms with Crippen LogP contribution in [0.1, 0.15) is 49.7 Å². The largest absolute Gasteiger partial charge is 0.497 e. The van der Waals surface area contributed by atoms with Crippen molar-refractivity contribution in [3.8, 4) is 5.75 Å². The quantitative estimate of drug-likeness (QED) is 0.811. The number of epoxide rings is 1. The summed E-state index contributed by atoms with van der Waals surface area (Å²) in [5.41, 5.74) is 2.37. The Bertz CT molecular complexity index is 827. The van der Waals surface area contributed by atoms with Crippen LogP contribution in [-0.2, 0) is 21.6 Å². The second-order valence-electron chi connectivity index (χ2n) is 7.34. The van der Waals surface area contributed by atoms with Crippen LogP contribution in [0.3, 0.4) is 0 Å². The minimum Gasteiger partial charge on any atom is -0.497 e. The van der Waals surface area contributed by atoms with Crippen molar-refractivity contribution in [1.29, 1.82) is 0 Å². The Morgan fingerprint density at radius 2 is 2.15 bits per heavy atom. The number of nitrogens with one attached hydrogen (secondary N) is 1. The molecule has 8 heteroatoms. The number of alkyl carbamates (subject to hydrolysis) is 1. The summed E-state index contributed by atoms with van der Waals surface area (Å²) in [5, 5.41) is 11.4. The monoisotopic (exact) mass is 372 g/mol. The molecule has 1 N–H and O–H groups in total. The molecule has 144 valence electrons. The zero-order valence-electron chi connectivity index (χ0n) is 15.8. The van der Waals surface area contributed by atoms with Crippen LogP contribution >= 0.6 is 0 Å². The molecule has 2 atom stereocenters. The average molecular weight is 372 g/mol. The van der Waals surface area contributed by atoms with Gasteiger partial charge in [-0.15, -0.1) is 5.10 Å². The third-order valence-electron chi connectivity index (χ3n) is 4.95. The van der Waals surface area contributed by atoms with Gasteiger partial charge in [0.25, 0.3) is 0 Å². The van der Waals surface area contributed by atoms with Gasteiger partial charge in [0.15, 0.2) is 0 Å². The highest BCUT2D eigenvalue weighted by Gasteiger charge is 2.55. The molecule has 1 aromatic heterocycles. The number of aromatic nitrogens is 3. The van der Waals surface area contributed by atoms with Crippen LogP contribution in [-0.4, -0.2) is 40.8 Å². The summed E-state index contributed by atoms with van der Waals surface area (Å²) in [5.74, 6) is 0.811. The summed E-state index contributed by atoms with van der Waals surface area (Å²) < 4.78 is 18.5. The summed E-state index contributed by atoms with van der Waals surface area (Å²) in [4.78, 5) is 12.0. The van der Waals surface area contributed by atoms with E-state index in [1.165, 1.54) is 0 Å². The van der Waals surface area contributed by atoms with Gasteiger partial charge in [-0.25, -0.2) is 9.48 Å². The molecule has 1 spiro atoms. The highest BCUT2D eigenvalue weighted by molar-refractivity contribution is 5.67. The number of nitrogens with zero attached hydrogens (tertiary/aromatic N) is 3. The Labute approximate surface area is 157 Å². The zero-order chi connectivity index (χ0) is 19.0. The maximum absolute atomic E-state index is 12.0. The number of amides is 1. The normalized spacial score (nSPS) is 23.2. The van der Waals surface area contributed by atoms with Gasteiger partial charge in [-0.3, -0.25) is 0 Å². The van der Waals surface area contributed by atoms with Crippen molar-refractivity contribution in [2.45, 2.75) is 51.0 Å². The standard InChI is InChI=1S/C19H24N4O4/c1-12(2)20-18(24)27-15-8-9-19(11-26-19)17-16(15)21-22-23(17)10-13-4-6-14(25-3)7-5-13/h4-7,12,15H,8-11H2,1-3H3,(H,20,24)/t15-,19+/m0/s1. The molecule has 0 bridgehead atoms. The molecule has 1 fully saturated rings. The summed E-state index contributed by atoms with van der Waals surface area (Å²) in [6, 6.07) is 7.86. The number of carbonyl (C=O) groups excluding carboxylic acids is 1. The van der Waals surface area contributed by atoms with E-state index in [9.17, 15) is 4.79 Å². The van der Waals surface area contributed by atoms with Crippen molar-refractivity contribution in [2.24, 2.45) is 0 Å². The molecule has 1 aliphatic carbocycles. The van der Waals surface area contributed by atoms with E-state index < -0.39 is 12.2 Å². The minimum absolute atomic E-state index is 0.0180. The van der Waals surface area contributed by atoms with Crippen LogP contribution in [0.4, 0.5) is 4.79 Å². The van der Waals surface area contributed by atoms with Crippen molar-refractivity contribution >= 4 is 6.09 Å². The number of hydrogen-bond acceptors (Lipinski definition) is 6. The molecule has 2 heterocycles. The minimum atomic E-state index is -0.432. The first kappa shape index (κ1) is 17.8. The Balaban J connectivity index is 1.57. The SMILES string of the molecule is COc1ccc(Cn2nnc3c2[C@@]2(CC[C@@H]3OC(=O)NC(C)C)CO2)cc1. The van der Waals surface area contributed by atoms with Crippen molar-refractivity contribution in [2.75, 3.05) is 13.7 Å². The topological polar surface area (TPSA) is 90.8 Å².